The van der Waals surface area contributed by atoms with Crippen molar-refractivity contribution in [3.63, 3.8) is 0 Å². The number of amides is 1. The number of nitrogens with one attached hydrogen (secondary N) is 1. The Kier molecular flexibility index (Phi) is 3.91. The second-order valence-corrected chi connectivity index (χ2v) is 6.57. The molecular weight excluding hydrogens is 320 g/mol. The van der Waals surface area contributed by atoms with Crippen LogP contribution in [0.25, 0.3) is 11.1 Å². The summed E-state index contributed by atoms with van der Waals surface area (Å²) in [6.07, 6.45) is 3.78. The van der Waals surface area contributed by atoms with Crippen molar-refractivity contribution in [3.8, 4) is 0 Å². The lowest BCUT2D eigenvalue weighted by atomic mass is 9.93. The van der Waals surface area contributed by atoms with Crippen LogP contribution in [0, 0.1) is 6.92 Å². The summed E-state index contributed by atoms with van der Waals surface area (Å²) < 4.78 is 6.61. The number of H-pyrrole nitrogens is 1. The molecule has 0 saturated carbocycles. The summed E-state index contributed by atoms with van der Waals surface area (Å²) in [7, 11) is 0. The van der Waals surface area contributed by atoms with Crippen LogP contribution < -0.4 is 5.76 Å². The van der Waals surface area contributed by atoms with Crippen LogP contribution in [0.1, 0.15) is 30.0 Å². The van der Waals surface area contributed by atoms with E-state index in [2.05, 4.69) is 10.2 Å². The molecule has 130 valence electrons. The van der Waals surface area contributed by atoms with Gasteiger partial charge in [0, 0.05) is 24.7 Å². The smallest absolute Gasteiger partial charge is 0.408 e. The molecular formula is C18H20N4O3. The molecule has 1 aromatic carbocycles. The Morgan fingerprint density at radius 1 is 1.40 bits per heavy atom. The van der Waals surface area contributed by atoms with Gasteiger partial charge in [0.15, 0.2) is 5.58 Å². The lowest BCUT2D eigenvalue weighted by Crippen LogP contribution is -2.41. The third-order valence-corrected chi connectivity index (χ3v) is 4.92. The Hall–Kier alpha value is -2.83. The minimum absolute atomic E-state index is 0.00449. The second kappa shape index (κ2) is 6.23. The van der Waals surface area contributed by atoms with Crippen molar-refractivity contribution in [1.29, 1.82) is 0 Å². The first-order chi connectivity index (χ1) is 12.1. The van der Waals surface area contributed by atoms with Crippen LogP contribution in [0.15, 0.2) is 39.7 Å². The summed E-state index contributed by atoms with van der Waals surface area (Å²) in [6.45, 7) is 3.39. The third-order valence-electron chi connectivity index (χ3n) is 4.92. The SMILES string of the molecule is Cc1cn[nH]c1C1CCCN(C(=O)Cn2c(=O)oc3ccccc32)C1. The van der Waals surface area contributed by atoms with Gasteiger partial charge in [0.25, 0.3) is 0 Å². The largest absolute Gasteiger partial charge is 0.420 e. The average Bonchev–Trinajstić information content (AvgIpc) is 3.18. The predicted octanol–water partition coefficient (Wildman–Crippen LogP) is 2.03. The number of fused-ring (bicyclic) bond motifs is 1. The Morgan fingerprint density at radius 2 is 2.24 bits per heavy atom. The number of hydrogen-bond acceptors (Lipinski definition) is 4. The zero-order valence-electron chi connectivity index (χ0n) is 14.1. The van der Waals surface area contributed by atoms with Gasteiger partial charge in [-0.05, 0) is 37.5 Å². The van der Waals surface area contributed by atoms with Crippen molar-refractivity contribution in [2.45, 2.75) is 32.2 Å². The minimum Gasteiger partial charge on any atom is -0.408 e. The first-order valence-corrected chi connectivity index (χ1v) is 8.49. The highest BCUT2D eigenvalue weighted by Gasteiger charge is 2.27. The van der Waals surface area contributed by atoms with Crippen LogP contribution in [-0.2, 0) is 11.3 Å². The molecule has 0 bridgehead atoms. The number of likely N-dealkylation sites (tertiary alicyclic amines) is 1. The molecule has 1 amide bonds. The van der Waals surface area contributed by atoms with E-state index in [1.807, 2.05) is 24.1 Å². The van der Waals surface area contributed by atoms with Gasteiger partial charge in [-0.25, -0.2) is 4.79 Å². The maximum Gasteiger partial charge on any atom is 0.420 e. The highest BCUT2D eigenvalue weighted by molar-refractivity contribution is 5.79. The summed E-state index contributed by atoms with van der Waals surface area (Å²) in [5.74, 6) is -0.291. The van der Waals surface area contributed by atoms with Gasteiger partial charge in [0.05, 0.1) is 11.7 Å². The molecule has 4 rings (SSSR count). The number of carbonyl (C=O) groups is 1. The van der Waals surface area contributed by atoms with Crippen LogP contribution >= 0.6 is 0 Å². The molecule has 25 heavy (non-hydrogen) atoms. The summed E-state index contributed by atoms with van der Waals surface area (Å²) in [6, 6.07) is 7.16. The molecule has 0 radical (unpaired) electrons. The number of rotatable bonds is 3. The van der Waals surface area contributed by atoms with Gasteiger partial charge in [0.2, 0.25) is 5.91 Å². The van der Waals surface area contributed by atoms with E-state index in [1.165, 1.54) is 4.57 Å². The number of aromatic nitrogens is 3. The normalized spacial score (nSPS) is 18.0. The van der Waals surface area contributed by atoms with Gasteiger partial charge < -0.3 is 9.32 Å². The fourth-order valence-corrected chi connectivity index (χ4v) is 3.61. The number of oxazole rings is 1. The standard InChI is InChI=1S/C18H20N4O3/c1-12-9-19-20-17(12)13-5-4-8-21(10-13)16(23)11-22-14-6-2-3-7-15(14)25-18(22)24/h2-3,6-7,9,13H,4-5,8,10-11H2,1H3,(H,19,20). The number of nitrogens with zero attached hydrogens (tertiary/aromatic N) is 3. The topological polar surface area (TPSA) is 84.1 Å². The van der Waals surface area contributed by atoms with E-state index in [-0.39, 0.29) is 18.4 Å². The van der Waals surface area contributed by atoms with Gasteiger partial charge in [0.1, 0.15) is 6.54 Å². The molecule has 3 heterocycles. The molecule has 7 heteroatoms. The molecule has 1 N–H and O–H groups in total. The van der Waals surface area contributed by atoms with E-state index in [0.717, 1.165) is 24.1 Å². The first kappa shape index (κ1) is 15.7. The van der Waals surface area contributed by atoms with Gasteiger partial charge in [-0.15, -0.1) is 0 Å². The highest BCUT2D eigenvalue weighted by Crippen LogP contribution is 2.27. The summed E-state index contributed by atoms with van der Waals surface area (Å²) >= 11 is 0. The van der Waals surface area contributed by atoms with E-state index in [1.54, 1.807) is 18.2 Å². The van der Waals surface area contributed by atoms with Crippen molar-refractivity contribution in [2.75, 3.05) is 13.1 Å². The minimum atomic E-state index is -0.493. The third kappa shape index (κ3) is 2.86. The van der Waals surface area contributed by atoms with Crippen molar-refractivity contribution in [2.24, 2.45) is 0 Å². The Labute approximate surface area is 144 Å². The molecule has 1 aliphatic rings. The number of piperidine rings is 1. The van der Waals surface area contributed by atoms with Crippen molar-refractivity contribution in [3.05, 3.63) is 52.3 Å². The zero-order chi connectivity index (χ0) is 17.4. The maximum atomic E-state index is 12.8. The molecule has 0 aliphatic carbocycles. The van der Waals surface area contributed by atoms with E-state index in [9.17, 15) is 9.59 Å². The fraction of sp³-hybridized carbons (Fsp3) is 0.389. The summed E-state index contributed by atoms with van der Waals surface area (Å²) in [5.41, 5.74) is 3.38. The maximum absolute atomic E-state index is 12.8. The lowest BCUT2D eigenvalue weighted by Gasteiger charge is -2.32. The number of hydrogen-bond donors (Lipinski definition) is 1. The molecule has 3 aromatic rings. The van der Waals surface area contributed by atoms with Gasteiger partial charge in [-0.1, -0.05) is 12.1 Å². The molecule has 7 nitrogen and oxygen atoms in total. The fourth-order valence-electron chi connectivity index (χ4n) is 3.61. The molecule has 1 aliphatic heterocycles. The quantitative estimate of drug-likeness (QED) is 0.791. The van der Waals surface area contributed by atoms with Crippen LogP contribution in [0.4, 0.5) is 0 Å². The number of benzene rings is 1. The summed E-state index contributed by atoms with van der Waals surface area (Å²) in [4.78, 5) is 26.7. The Balaban J connectivity index is 1.53. The van der Waals surface area contributed by atoms with E-state index in [0.29, 0.717) is 24.2 Å². The van der Waals surface area contributed by atoms with E-state index >= 15 is 0 Å². The Bertz CT molecular complexity index is 968. The molecule has 0 spiro atoms. The molecule has 1 saturated heterocycles. The van der Waals surface area contributed by atoms with Crippen LogP contribution in [0.2, 0.25) is 0 Å². The van der Waals surface area contributed by atoms with Crippen LogP contribution in [0.5, 0.6) is 0 Å². The number of aromatic amines is 1. The highest BCUT2D eigenvalue weighted by atomic mass is 16.4. The van der Waals surface area contributed by atoms with Crippen molar-refractivity contribution in [1.82, 2.24) is 19.7 Å². The summed E-state index contributed by atoms with van der Waals surface area (Å²) in [5, 5.41) is 7.14. The van der Waals surface area contributed by atoms with Crippen molar-refractivity contribution >= 4 is 17.0 Å². The van der Waals surface area contributed by atoms with Gasteiger partial charge in [-0.2, -0.15) is 5.10 Å². The van der Waals surface area contributed by atoms with Crippen molar-refractivity contribution < 1.29 is 9.21 Å². The number of para-hydroxylation sites is 2. The van der Waals surface area contributed by atoms with Gasteiger partial charge in [-0.3, -0.25) is 14.5 Å². The predicted molar refractivity (Wildman–Crippen MR) is 92.4 cm³/mol. The molecule has 2 aromatic heterocycles. The Morgan fingerprint density at radius 3 is 3.04 bits per heavy atom. The van der Waals surface area contributed by atoms with Crippen LogP contribution in [-0.4, -0.2) is 38.7 Å². The first-order valence-electron chi connectivity index (χ1n) is 8.49. The van der Waals surface area contributed by atoms with Crippen LogP contribution in [0.3, 0.4) is 0 Å². The average molecular weight is 340 g/mol. The zero-order valence-corrected chi connectivity index (χ0v) is 14.1. The number of carbonyl (C=O) groups excluding carboxylic acids is 1. The molecule has 1 unspecified atom stereocenters. The van der Waals surface area contributed by atoms with E-state index in [4.69, 9.17) is 4.42 Å². The molecule has 1 fully saturated rings. The number of aryl methyl sites for hydroxylation is 1. The van der Waals surface area contributed by atoms with Gasteiger partial charge >= 0.3 is 5.76 Å². The second-order valence-electron chi connectivity index (χ2n) is 6.57. The monoisotopic (exact) mass is 340 g/mol. The lowest BCUT2D eigenvalue weighted by molar-refractivity contribution is -0.133. The van der Waals surface area contributed by atoms with E-state index < -0.39 is 5.76 Å². The molecule has 1 atom stereocenters.